The molecular weight excluding hydrogens is 573 g/mol. The van der Waals surface area contributed by atoms with Gasteiger partial charge in [0, 0.05) is 61.5 Å². The molecule has 1 fully saturated rings. The van der Waals surface area contributed by atoms with Crippen molar-refractivity contribution in [1.29, 1.82) is 5.26 Å². The zero-order chi connectivity index (χ0) is 30.8. The summed E-state index contributed by atoms with van der Waals surface area (Å²) in [7, 11) is 3.77. The number of aromatic nitrogens is 2. The maximum absolute atomic E-state index is 12.6. The van der Waals surface area contributed by atoms with Crippen molar-refractivity contribution in [2.45, 2.75) is 58.0 Å². The standard InChI is InChI=1S/C29H38N8O3S2/c1-28(2,3)40-27(39)37-12-10-36(11-13-37)23-15-20(33-26(38)34-23)19(31)14-22(41)29(4)9-7-8-21-24(29)18(16-30)25(42-21)32-17-35(5)6/h14-15,17H,7-13,31H2,1-6H3,(H,33,34,38)/b19-14-,32-17+/t29-/m1/s1. The molecule has 2 aliphatic rings. The number of nitrogens with one attached hydrogen (secondary N) is 1. The van der Waals surface area contributed by atoms with Gasteiger partial charge in [-0.05, 0) is 51.7 Å². The number of ether oxygens (including phenoxy) is 1. The van der Waals surface area contributed by atoms with Crippen molar-refractivity contribution in [2.75, 3.05) is 45.2 Å². The van der Waals surface area contributed by atoms with Crippen molar-refractivity contribution >= 4 is 57.4 Å². The number of aromatic amines is 1. The van der Waals surface area contributed by atoms with Crippen molar-refractivity contribution in [3.8, 4) is 6.07 Å². The molecule has 1 aliphatic carbocycles. The molecule has 0 saturated carbocycles. The number of allylic oxidation sites excluding steroid dienone is 1. The first kappa shape index (κ1) is 31.2. The number of nitrogens with two attached hydrogens (primary N) is 1. The quantitative estimate of drug-likeness (QED) is 0.215. The monoisotopic (exact) mass is 610 g/mol. The molecule has 3 heterocycles. The summed E-state index contributed by atoms with van der Waals surface area (Å²) in [6.07, 6.45) is 5.60. The second-order valence-corrected chi connectivity index (χ2v) is 13.5. The minimum atomic E-state index is -0.588. The maximum atomic E-state index is 12.6. The van der Waals surface area contributed by atoms with E-state index in [9.17, 15) is 14.9 Å². The number of aliphatic imine (C=N–C) groups is 1. The summed E-state index contributed by atoms with van der Waals surface area (Å²) in [4.78, 5) is 43.5. The topological polar surface area (TPSA) is 144 Å². The molecule has 42 heavy (non-hydrogen) atoms. The van der Waals surface area contributed by atoms with Crippen LogP contribution in [-0.4, -0.2) is 82.9 Å². The van der Waals surface area contributed by atoms with Gasteiger partial charge in [0.2, 0.25) is 0 Å². The highest BCUT2D eigenvalue weighted by molar-refractivity contribution is 7.81. The number of H-pyrrole nitrogens is 1. The molecule has 0 radical (unpaired) electrons. The van der Waals surface area contributed by atoms with Gasteiger partial charge < -0.3 is 30.2 Å². The fourth-order valence-electron chi connectivity index (χ4n) is 5.15. The summed E-state index contributed by atoms with van der Waals surface area (Å²) < 4.78 is 5.48. The second-order valence-electron chi connectivity index (χ2n) is 12.0. The third-order valence-electron chi connectivity index (χ3n) is 7.24. The molecule has 1 atom stereocenters. The zero-order valence-electron chi connectivity index (χ0n) is 25.0. The van der Waals surface area contributed by atoms with Crippen LogP contribution in [-0.2, 0) is 16.6 Å². The third-order valence-corrected chi connectivity index (χ3v) is 8.97. The Morgan fingerprint density at radius 1 is 1.33 bits per heavy atom. The molecule has 0 bridgehead atoms. The predicted octanol–water partition coefficient (Wildman–Crippen LogP) is 3.95. The number of nitrogens with zero attached hydrogens (tertiary/aromatic N) is 6. The second kappa shape index (κ2) is 12.2. The lowest BCUT2D eigenvalue weighted by atomic mass is 9.70. The van der Waals surface area contributed by atoms with E-state index in [-0.39, 0.29) is 6.09 Å². The molecule has 2 aromatic rings. The molecule has 0 aromatic carbocycles. The number of nitriles is 1. The van der Waals surface area contributed by atoms with Gasteiger partial charge >= 0.3 is 11.8 Å². The number of piperazine rings is 1. The number of hydrogen-bond donors (Lipinski definition) is 2. The summed E-state index contributed by atoms with van der Waals surface area (Å²) >= 11 is 7.49. The number of thiocarbonyl (C=S) groups is 1. The Morgan fingerprint density at radius 3 is 2.64 bits per heavy atom. The van der Waals surface area contributed by atoms with E-state index in [0.717, 1.165) is 29.7 Å². The third kappa shape index (κ3) is 6.82. The summed E-state index contributed by atoms with van der Waals surface area (Å²) in [6.45, 7) is 9.42. The van der Waals surface area contributed by atoms with Crippen molar-refractivity contribution in [1.82, 2.24) is 19.8 Å². The van der Waals surface area contributed by atoms with Crippen LogP contribution in [0.15, 0.2) is 21.9 Å². The molecular formula is C29H38N8O3S2. The summed E-state index contributed by atoms with van der Waals surface area (Å²) in [5.74, 6) is 0.471. The van der Waals surface area contributed by atoms with Crippen LogP contribution >= 0.6 is 23.6 Å². The number of carbonyl (C=O) groups excluding carboxylic acids is 1. The Bertz CT molecular complexity index is 1520. The van der Waals surface area contributed by atoms with E-state index >= 15 is 0 Å². The Hall–Kier alpha value is -3.76. The predicted molar refractivity (Wildman–Crippen MR) is 171 cm³/mol. The molecule has 13 heteroatoms. The van der Waals surface area contributed by atoms with E-state index < -0.39 is 16.7 Å². The molecule has 0 unspecified atom stereocenters. The Labute approximate surface area is 255 Å². The smallest absolute Gasteiger partial charge is 0.410 e. The Kier molecular flexibility index (Phi) is 9.08. The molecule has 1 aliphatic heterocycles. The Balaban J connectivity index is 1.57. The average Bonchev–Trinajstić information content (AvgIpc) is 3.29. The molecule has 11 nitrogen and oxygen atoms in total. The van der Waals surface area contributed by atoms with Gasteiger partial charge in [0.1, 0.15) is 22.5 Å². The van der Waals surface area contributed by atoms with E-state index in [1.165, 1.54) is 11.3 Å². The first-order chi connectivity index (χ1) is 19.7. The van der Waals surface area contributed by atoms with Crippen molar-refractivity contribution < 1.29 is 9.53 Å². The Morgan fingerprint density at radius 2 is 2.02 bits per heavy atom. The lowest BCUT2D eigenvalue weighted by Gasteiger charge is -2.36. The minimum Gasteiger partial charge on any atom is -0.444 e. The van der Waals surface area contributed by atoms with E-state index in [2.05, 4.69) is 28.0 Å². The van der Waals surface area contributed by atoms with Crippen molar-refractivity contribution in [3.05, 3.63) is 44.3 Å². The van der Waals surface area contributed by atoms with Crippen molar-refractivity contribution in [2.24, 2.45) is 10.7 Å². The van der Waals surface area contributed by atoms with Crippen LogP contribution in [0.2, 0.25) is 0 Å². The molecule has 0 spiro atoms. The lowest BCUT2D eigenvalue weighted by Crippen LogP contribution is -2.50. The van der Waals surface area contributed by atoms with Gasteiger partial charge in [-0.3, -0.25) is 0 Å². The molecule has 1 amide bonds. The first-order valence-electron chi connectivity index (χ1n) is 13.8. The van der Waals surface area contributed by atoms with Gasteiger partial charge in [-0.25, -0.2) is 14.6 Å². The highest BCUT2D eigenvalue weighted by Crippen LogP contribution is 2.48. The number of aryl methyl sites for hydroxylation is 1. The molecule has 4 rings (SSSR count). The van der Waals surface area contributed by atoms with Crippen LogP contribution < -0.4 is 16.3 Å². The van der Waals surface area contributed by atoms with Crippen LogP contribution in [0.3, 0.4) is 0 Å². The zero-order valence-corrected chi connectivity index (χ0v) is 26.6. The van der Waals surface area contributed by atoms with Crippen LogP contribution in [0, 0.1) is 11.3 Å². The normalized spacial score (nSPS) is 19.4. The number of carbonyl (C=O) groups is 1. The van der Waals surface area contributed by atoms with Gasteiger partial charge in [0.05, 0.1) is 23.3 Å². The number of thiophene rings is 1. The van der Waals surface area contributed by atoms with E-state index in [0.29, 0.717) is 58.8 Å². The lowest BCUT2D eigenvalue weighted by molar-refractivity contribution is 0.0240. The molecule has 224 valence electrons. The first-order valence-corrected chi connectivity index (χ1v) is 15.1. The number of rotatable bonds is 6. The molecule has 1 saturated heterocycles. The largest absolute Gasteiger partial charge is 0.444 e. The fourth-order valence-corrected chi connectivity index (χ4v) is 6.74. The highest BCUT2D eigenvalue weighted by atomic mass is 32.1. The number of hydrogen-bond acceptors (Lipinski definition) is 10. The number of anilines is 1. The SMILES string of the molecule is CN(C)/C=N/c1sc2c(c1C#N)[C@@](C)(C(=S)/C=C(\N)c1cc(N3CCN(C(=O)OC(C)(C)C)CC3)nc(=O)[nH]1)CCC2. The number of fused-ring (bicyclic) bond motifs is 1. The summed E-state index contributed by atoms with van der Waals surface area (Å²) in [6, 6.07) is 4.10. The minimum absolute atomic E-state index is 0.307. The summed E-state index contributed by atoms with van der Waals surface area (Å²) in [5.41, 5.74) is 7.02. The number of amides is 1. The molecule has 2 aromatic heterocycles. The molecule has 3 N–H and O–H groups in total. The van der Waals surface area contributed by atoms with Crippen LogP contribution in [0.25, 0.3) is 5.70 Å². The van der Waals surface area contributed by atoms with Gasteiger partial charge in [-0.1, -0.05) is 19.1 Å². The fraction of sp³-hybridized carbons (Fsp3) is 0.517. The summed E-state index contributed by atoms with van der Waals surface area (Å²) in [5, 5.41) is 10.8. The van der Waals surface area contributed by atoms with Crippen molar-refractivity contribution in [3.63, 3.8) is 0 Å². The van der Waals surface area contributed by atoms with Gasteiger partial charge in [-0.2, -0.15) is 10.2 Å². The van der Waals surface area contributed by atoms with E-state index in [1.807, 2.05) is 44.7 Å². The van der Waals surface area contributed by atoms with Crippen LogP contribution in [0.4, 0.5) is 15.6 Å². The van der Waals surface area contributed by atoms with Crippen LogP contribution in [0.1, 0.15) is 62.2 Å². The van der Waals surface area contributed by atoms with E-state index in [1.54, 1.807) is 23.4 Å². The van der Waals surface area contributed by atoms with E-state index in [4.69, 9.17) is 22.7 Å². The highest BCUT2D eigenvalue weighted by Gasteiger charge is 2.40. The average molecular weight is 611 g/mol. The van der Waals surface area contributed by atoms with Crippen LogP contribution in [0.5, 0.6) is 0 Å². The van der Waals surface area contributed by atoms with Gasteiger partial charge in [0.25, 0.3) is 0 Å². The van der Waals surface area contributed by atoms with Gasteiger partial charge in [0.15, 0.2) is 0 Å². The van der Waals surface area contributed by atoms with Gasteiger partial charge in [-0.15, -0.1) is 11.3 Å². The maximum Gasteiger partial charge on any atom is 0.410 e.